The molecule has 33 heavy (non-hydrogen) atoms. The third-order valence-corrected chi connectivity index (χ3v) is 5.71. The topological polar surface area (TPSA) is 74.1 Å². The Morgan fingerprint density at radius 1 is 1.12 bits per heavy atom. The summed E-state index contributed by atoms with van der Waals surface area (Å²) in [6.07, 6.45) is -0.303. The molecular formula is C26H30N2O5. The van der Waals surface area contributed by atoms with Gasteiger partial charge in [0.2, 0.25) is 5.71 Å². The third-order valence-electron chi connectivity index (χ3n) is 5.71. The average molecular weight is 451 g/mol. The largest absolute Gasteiger partial charge is 0.624 e. The quantitative estimate of drug-likeness (QED) is 0.279. The van der Waals surface area contributed by atoms with E-state index in [9.17, 15) is 10.0 Å². The average Bonchev–Trinajstić information content (AvgIpc) is 3.15. The Hall–Kier alpha value is -3.16. The molecule has 0 radical (unpaired) electrons. The lowest BCUT2D eigenvalue weighted by Gasteiger charge is -2.26. The number of hydrogen-bond acceptors (Lipinski definition) is 6. The van der Waals surface area contributed by atoms with Gasteiger partial charge in [0.05, 0.1) is 24.9 Å². The molecule has 1 saturated heterocycles. The van der Waals surface area contributed by atoms with Crippen molar-refractivity contribution in [3.63, 3.8) is 0 Å². The van der Waals surface area contributed by atoms with Crippen molar-refractivity contribution in [1.29, 1.82) is 0 Å². The number of ether oxygens (including phenoxy) is 3. The Morgan fingerprint density at radius 2 is 1.85 bits per heavy atom. The number of hydrogen-bond donors (Lipinski definition) is 0. The van der Waals surface area contributed by atoms with Crippen molar-refractivity contribution in [3.8, 4) is 5.75 Å². The third kappa shape index (κ3) is 5.10. The highest BCUT2D eigenvalue weighted by Crippen LogP contribution is 2.40. The minimum atomic E-state index is -0.507. The minimum Gasteiger partial charge on any atom is -0.624 e. The fraction of sp³-hybridized carbons (Fsp3) is 0.385. The van der Waals surface area contributed by atoms with Crippen molar-refractivity contribution >= 4 is 17.3 Å². The maximum absolute atomic E-state index is 13.1. The lowest BCUT2D eigenvalue weighted by Crippen LogP contribution is -2.38. The van der Waals surface area contributed by atoms with Crippen molar-refractivity contribution in [2.75, 3.05) is 46.5 Å². The first-order valence-electron chi connectivity index (χ1n) is 11.3. The standard InChI is InChI=1S/C26H30N2O5/c1-18(2)33-26(29)24-23(19-7-5-4-6-8-19)21-10-9-20(17-22(21)25(24)27(3)30)32-16-13-28-11-14-31-15-12-28/h4-10,17-18H,11-16H2,1-3H3/b27-25+. The molecule has 7 nitrogen and oxygen atoms in total. The molecule has 0 atom stereocenters. The second kappa shape index (κ2) is 10.2. The molecular weight excluding hydrogens is 420 g/mol. The van der Waals surface area contributed by atoms with Crippen LogP contribution in [-0.2, 0) is 14.3 Å². The Kier molecular flexibility index (Phi) is 7.11. The number of morpholine rings is 1. The first kappa shape index (κ1) is 23.0. The number of esters is 1. The van der Waals surface area contributed by atoms with Gasteiger partial charge in [0.25, 0.3) is 0 Å². The molecule has 1 heterocycles. The smallest absolute Gasteiger partial charge is 0.345 e. The molecule has 2 aliphatic rings. The number of fused-ring (bicyclic) bond motifs is 1. The predicted molar refractivity (Wildman–Crippen MR) is 127 cm³/mol. The van der Waals surface area contributed by atoms with Gasteiger partial charge >= 0.3 is 5.97 Å². The highest BCUT2D eigenvalue weighted by molar-refractivity contribution is 6.35. The molecule has 2 aromatic rings. The fourth-order valence-corrected chi connectivity index (χ4v) is 4.24. The van der Waals surface area contributed by atoms with Crippen LogP contribution in [0.5, 0.6) is 5.75 Å². The summed E-state index contributed by atoms with van der Waals surface area (Å²) in [5.41, 5.74) is 3.63. The molecule has 1 aliphatic heterocycles. The van der Waals surface area contributed by atoms with Crippen LogP contribution in [0.25, 0.3) is 5.57 Å². The van der Waals surface area contributed by atoms with Crippen molar-refractivity contribution in [2.24, 2.45) is 0 Å². The summed E-state index contributed by atoms with van der Waals surface area (Å²) in [4.78, 5) is 15.4. The lowest BCUT2D eigenvalue weighted by molar-refractivity contribution is -0.421. The van der Waals surface area contributed by atoms with Gasteiger partial charge in [-0.1, -0.05) is 30.3 Å². The molecule has 0 unspecified atom stereocenters. The van der Waals surface area contributed by atoms with E-state index in [2.05, 4.69) is 4.90 Å². The lowest BCUT2D eigenvalue weighted by atomic mass is 9.97. The fourth-order valence-electron chi connectivity index (χ4n) is 4.24. The second-order valence-electron chi connectivity index (χ2n) is 8.43. The van der Waals surface area contributed by atoms with Crippen LogP contribution in [0, 0.1) is 5.21 Å². The van der Waals surface area contributed by atoms with Gasteiger partial charge in [-0.05, 0) is 43.2 Å². The monoisotopic (exact) mass is 450 g/mol. The van der Waals surface area contributed by atoms with Gasteiger partial charge in [-0.2, -0.15) is 0 Å². The number of hydroxylamine groups is 1. The zero-order valence-electron chi connectivity index (χ0n) is 19.4. The summed E-state index contributed by atoms with van der Waals surface area (Å²) in [7, 11) is 1.40. The van der Waals surface area contributed by atoms with E-state index in [1.54, 1.807) is 13.8 Å². The molecule has 0 bridgehead atoms. The Bertz CT molecular complexity index is 1070. The van der Waals surface area contributed by atoms with Gasteiger partial charge in [-0.3, -0.25) is 4.90 Å². The van der Waals surface area contributed by atoms with Gasteiger partial charge in [0.15, 0.2) is 0 Å². The zero-order valence-corrected chi connectivity index (χ0v) is 19.4. The van der Waals surface area contributed by atoms with Crippen LogP contribution in [0.1, 0.15) is 30.5 Å². The number of benzene rings is 2. The van der Waals surface area contributed by atoms with Crippen molar-refractivity contribution in [2.45, 2.75) is 20.0 Å². The molecule has 0 amide bonds. The Labute approximate surface area is 194 Å². The summed E-state index contributed by atoms with van der Waals surface area (Å²) in [5, 5.41) is 12.7. The number of carbonyl (C=O) groups excluding carboxylic acids is 1. The molecule has 0 aromatic heterocycles. The molecule has 1 fully saturated rings. The van der Waals surface area contributed by atoms with Crippen molar-refractivity contribution in [1.82, 2.24) is 4.90 Å². The Morgan fingerprint density at radius 3 is 2.52 bits per heavy atom. The number of carbonyl (C=O) groups is 1. The predicted octanol–water partition coefficient (Wildman–Crippen LogP) is 3.09. The van der Waals surface area contributed by atoms with Crippen LogP contribution in [0.3, 0.4) is 0 Å². The van der Waals surface area contributed by atoms with Crippen LogP contribution in [-0.4, -0.2) is 73.9 Å². The maximum atomic E-state index is 13.1. The normalized spacial score (nSPS) is 17.8. The van der Waals surface area contributed by atoms with E-state index >= 15 is 0 Å². The van der Waals surface area contributed by atoms with Gasteiger partial charge in [-0.15, -0.1) is 0 Å². The second-order valence-corrected chi connectivity index (χ2v) is 8.43. The summed E-state index contributed by atoms with van der Waals surface area (Å²) >= 11 is 0. The molecule has 0 saturated carbocycles. The molecule has 2 aromatic carbocycles. The summed E-state index contributed by atoms with van der Waals surface area (Å²) < 4.78 is 17.7. The van der Waals surface area contributed by atoms with Crippen LogP contribution < -0.4 is 4.74 Å². The summed E-state index contributed by atoms with van der Waals surface area (Å²) in [5.74, 6) is 0.153. The maximum Gasteiger partial charge on any atom is 0.345 e. The summed E-state index contributed by atoms with van der Waals surface area (Å²) in [6.45, 7) is 8.22. The van der Waals surface area contributed by atoms with E-state index in [0.717, 1.165) is 48.7 Å². The van der Waals surface area contributed by atoms with E-state index in [1.165, 1.54) is 7.05 Å². The van der Waals surface area contributed by atoms with Crippen LogP contribution in [0.2, 0.25) is 0 Å². The van der Waals surface area contributed by atoms with E-state index in [1.807, 2.05) is 48.5 Å². The molecule has 4 rings (SSSR count). The first-order chi connectivity index (χ1) is 16.0. The first-order valence-corrected chi connectivity index (χ1v) is 11.3. The molecule has 1 aliphatic carbocycles. The van der Waals surface area contributed by atoms with E-state index in [4.69, 9.17) is 14.2 Å². The van der Waals surface area contributed by atoms with Crippen molar-refractivity contribution < 1.29 is 23.7 Å². The van der Waals surface area contributed by atoms with Crippen LogP contribution >= 0.6 is 0 Å². The van der Waals surface area contributed by atoms with Crippen molar-refractivity contribution in [3.05, 3.63) is 76.0 Å². The highest BCUT2D eigenvalue weighted by atomic mass is 16.5. The van der Waals surface area contributed by atoms with Gasteiger partial charge < -0.3 is 19.4 Å². The van der Waals surface area contributed by atoms with Crippen LogP contribution in [0.15, 0.2) is 54.1 Å². The van der Waals surface area contributed by atoms with Gasteiger partial charge in [0.1, 0.15) is 25.0 Å². The SMILES string of the molecule is CC(C)OC(=O)C1=C(c2ccccc2)c2ccc(OCCN3CCOCC3)cc2/C1=[N+](/C)[O-]. The van der Waals surface area contributed by atoms with E-state index < -0.39 is 5.97 Å². The molecule has 7 heteroatoms. The number of nitrogens with zero attached hydrogens (tertiary/aromatic N) is 2. The van der Waals surface area contributed by atoms with Crippen LogP contribution in [0.4, 0.5) is 0 Å². The molecule has 174 valence electrons. The highest BCUT2D eigenvalue weighted by Gasteiger charge is 2.39. The van der Waals surface area contributed by atoms with Gasteiger partial charge in [0, 0.05) is 25.2 Å². The van der Waals surface area contributed by atoms with E-state index in [0.29, 0.717) is 29.2 Å². The van der Waals surface area contributed by atoms with E-state index in [-0.39, 0.29) is 11.7 Å². The zero-order chi connectivity index (χ0) is 23.4. The summed E-state index contributed by atoms with van der Waals surface area (Å²) in [6, 6.07) is 15.3. The minimum absolute atomic E-state index is 0.285. The van der Waals surface area contributed by atoms with Gasteiger partial charge in [-0.25, -0.2) is 9.53 Å². The molecule has 0 N–H and O–H groups in total. The Balaban J connectivity index is 1.68. The number of rotatable bonds is 7. The molecule has 0 spiro atoms.